The smallest absolute Gasteiger partial charge is 0.163 e. The standard InChI is InChI=1S/C11H6N4O/c12-5-8(6-13)11(7-14)15-9-2-1-3-10(16)4-9/h1-4,15-16H. The van der Waals surface area contributed by atoms with E-state index in [-0.39, 0.29) is 17.0 Å². The topological polar surface area (TPSA) is 104 Å². The van der Waals surface area contributed by atoms with Crippen molar-refractivity contribution in [1.82, 2.24) is 0 Å². The summed E-state index contributed by atoms with van der Waals surface area (Å²) < 4.78 is 0. The molecule has 5 heteroatoms. The van der Waals surface area contributed by atoms with Crippen LogP contribution < -0.4 is 5.32 Å². The quantitative estimate of drug-likeness (QED) is 0.722. The van der Waals surface area contributed by atoms with Crippen molar-refractivity contribution in [2.45, 2.75) is 0 Å². The van der Waals surface area contributed by atoms with E-state index in [4.69, 9.17) is 15.8 Å². The molecule has 16 heavy (non-hydrogen) atoms. The fourth-order valence-electron chi connectivity index (χ4n) is 1.01. The lowest BCUT2D eigenvalue weighted by molar-refractivity contribution is 0.475. The summed E-state index contributed by atoms with van der Waals surface area (Å²) in [6.45, 7) is 0. The molecule has 0 unspecified atom stereocenters. The maximum atomic E-state index is 9.18. The summed E-state index contributed by atoms with van der Waals surface area (Å²) in [6, 6.07) is 11.0. The highest BCUT2D eigenvalue weighted by Crippen LogP contribution is 2.17. The van der Waals surface area contributed by atoms with Crippen LogP contribution in [-0.4, -0.2) is 5.11 Å². The van der Waals surface area contributed by atoms with Crippen LogP contribution in [0.5, 0.6) is 5.75 Å². The Morgan fingerprint density at radius 3 is 2.31 bits per heavy atom. The SMILES string of the molecule is N#CC(C#N)=C(C#N)Nc1cccc(O)c1. The number of hydrogen-bond acceptors (Lipinski definition) is 5. The molecule has 2 N–H and O–H groups in total. The van der Waals surface area contributed by atoms with E-state index in [1.54, 1.807) is 30.3 Å². The fourth-order valence-corrected chi connectivity index (χ4v) is 1.01. The van der Waals surface area contributed by atoms with E-state index in [2.05, 4.69) is 5.32 Å². The molecule has 76 valence electrons. The lowest BCUT2D eigenvalue weighted by Crippen LogP contribution is -2.00. The van der Waals surface area contributed by atoms with Gasteiger partial charge in [0, 0.05) is 11.8 Å². The summed E-state index contributed by atoms with van der Waals surface area (Å²) in [4.78, 5) is 0. The second-order valence-electron chi connectivity index (χ2n) is 2.76. The van der Waals surface area contributed by atoms with E-state index in [0.717, 1.165) is 0 Å². The van der Waals surface area contributed by atoms with Crippen LogP contribution >= 0.6 is 0 Å². The van der Waals surface area contributed by atoms with Gasteiger partial charge in [0.1, 0.15) is 29.7 Å². The zero-order chi connectivity index (χ0) is 12.0. The van der Waals surface area contributed by atoms with Gasteiger partial charge in [0.15, 0.2) is 5.57 Å². The van der Waals surface area contributed by atoms with Gasteiger partial charge in [-0.3, -0.25) is 0 Å². The number of nitrogens with zero attached hydrogens (tertiary/aromatic N) is 3. The highest BCUT2D eigenvalue weighted by atomic mass is 16.3. The van der Waals surface area contributed by atoms with E-state index in [1.165, 1.54) is 12.1 Å². The maximum absolute atomic E-state index is 9.18. The molecule has 0 saturated carbocycles. The van der Waals surface area contributed by atoms with Crippen molar-refractivity contribution in [3.05, 3.63) is 35.5 Å². The Hall–Kier alpha value is -2.97. The zero-order valence-electron chi connectivity index (χ0n) is 8.10. The summed E-state index contributed by atoms with van der Waals surface area (Å²) in [6.07, 6.45) is 0. The van der Waals surface area contributed by atoms with Crippen LogP contribution in [0.25, 0.3) is 0 Å². The Morgan fingerprint density at radius 2 is 1.81 bits per heavy atom. The van der Waals surface area contributed by atoms with E-state index in [9.17, 15) is 5.11 Å². The van der Waals surface area contributed by atoms with Gasteiger partial charge >= 0.3 is 0 Å². The van der Waals surface area contributed by atoms with Crippen molar-refractivity contribution in [3.8, 4) is 24.0 Å². The third-order valence-electron chi connectivity index (χ3n) is 1.70. The molecule has 0 aliphatic rings. The minimum atomic E-state index is -0.300. The number of phenols is 1. The number of rotatable bonds is 2. The third-order valence-corrected chi connectivity index (χ3v) is 1.70. The maximum Gasteiger partial charge on any atom is 0.163 e. The highest BCUT2D eigenvalue weighted by Gasteiger charge is 2.05. The molecule has 0 saturated heterocycles. The largest absolute Gasteiger partial charge is 0.508 e. The number of aromatic hydroxyl groups is 1. The summed E-state index contributed by atoms with van der Waals surface area (Å²) in [5.74, 6) is 0.0257. The van der Waals surface area contributed by atoms with Crippen LogP contribution in [-0.2, 0) is 0 Å². The second kappa shape index (κ2) is 5.05. The third kappa shape index (κ3) is 2.51. The molecule has 0 aliphatic heterocycles. The lowest BCUT2D eigenvalue weighted by atomic mass is 10.2. The predicted octanol–water partition coefficient (Wildman–Crippen LogP) is 1.63. The Morgan fingerprint density at radius 1 is 1.12 bits per heavy atom. The van der Waals surface area contributed by atoms with Gasteiger partial charge in [0.25, 0.3) is 0 Å². The van der Waals surface area contributed by atoms with E-state index in [0.29, 0.717) is 5.69 Å². The average Bonchev–Trinajstić information content (AvgIpc) is 2.29. The summed E-state index contributed by atoms with van der Waals surface area (Å²) >= 11 is 0. The van der Waals surface area contributed by atoms with Crippen molar-refractivity contribution in [3.63, 3.8) is 0 Å². The van der Waals surface area contributed by atoms with Crippen molar-refractivity contribution in [2.24, 2.45) is 0 Å². The highest BCUT2D eigenvalue weighted by molar-refractivity contribution is 5.59. The fraction of sp³-hybridized carbons (Fsp3) is 0. The Labute approximate surface area is 92.1 Å². The number of hydrogen-bond donors (Lipinski definition) is 2. The van der Waals surface area contributed by atoms with Gasteiger partial charge in [-0.1, -0.05) is 6.07 Å². The first-order chi connectivity index (χ1) is 7.71. The summed E-state index contributed by atoms with van der Waals surface area (Å²) in [5, 5.41) is 37.7. The van der Waals surface area contributed by atoms with E-state index in [1.807, 2.05) is 0 Å². The molecule has 1 aromatic carbocycles. The molecule has 0 aromatic heterocycles. The van der Waals surface area contributed by atoms with Gasteiger partial charge < -0.3 is 10.4 Å². The molecule has 0 fully saturated rings. The molecule has 0 spiro atoms. The minimum absolute atomic E-state index is 0.0257. The molecule has 1 aromatic rings. The summed E-state index contributed by atoms with van der Waals surface area (Å²) in [5.41, 5.74) is -0.0130. The van der Waals surface area contributed by atoms with Gasteiger partial charge in [-0.05, 0) is 12.1 Å². The second-order valence-corrected chi connectivity index (χ2v) is 2.76. The molecule has 1 rings (SSSR count). The Bertz CT molecular complexity index is 539. The van der Waals surface area contributed by atoms with E-state index < -0.39 is 0 Å². The monoisotopic (exact) mass is 210 g/mol. The van der Waals surface area contributed by atoms with Crippen LogP contribution in [0.3, 0.4) is 0 Å². The first kappa shape index (κ1) is 11.1. The van der Waals surface area contributed by atoms with Gasteiger partial charge in [0.2, 0.25) is 0 Å². The lowest BCUT2D eigenvalue weighted by Gasteiger charge is -2.04. The molecular weight excluding hydrogens is 204 g/mol. The van der Waals surface area contributed by atoms with Crippen LogP contribution in [0.2, 0.25) is 0 Å². The summed E-state index contributed by atoms with van der Waals surface area (Å²) in [7, 11) is 0. The number of phenolic OH excluding ortho intramolecular Hbond substituents is 1. The van der Waals surface area contributed by atoms with Crippen LogP contribution in [0, 0.1) is 34.0 Å². The molecule has 0 amide bonds. The molecule has 0 heterocycles. The molecule has 0 radical (unpaired) electrons. The number of benzene rings is 1. The Balaban J connectivity index is 3.07. The van der Waals surface area contributed by atoms with Crippen LogP contribution in [0.1, 0.15) is 0 Å². The predicted molar refractivity (Wildman–Crippen MR) is 55.6 cm³/mol. The van der Waals surface area contributed by atoms with Crippen molar-refractivity contribution in [1.29, 1.82) is 15.8 Å². The van der Waals surface area contributed by atoms with Crippen molar-refractivity contribution < 1.29 is 5.11 Å². The van der Waals surface area contributed by atoms with E-state index >= 15 is 0 Å². The van der Waals surface area contributed by atoms with Gasteiger partial charge in [-0.25, -0.2) is 0 Å². The number of nitriles is 3. The van der Waals surface area contributed by atoms with Gasteiger partial charge in [-0.15, -0.1) is 0 Å². The first-order valence-electron chi connectivity index (χ1n) is 4.22. The number of allylic oxidation sites excluding steroid dienone is 2. The molecular formula is C11H6N4O. The van der Waals surface area contributed by atoms with Crippen molar-refractivity contribution >= 4 is 5.69 Å². The molecule has 5 nitrogen and oxygen atoms in total. The molecule has 0 aliphatic carbocycles. The average molecular weight is 210 g/mol. The zero-order valence-corrected chi connectivity index (χ0v) is 8.10. The molecule has 0 atom stereocenters. The van der Waals surface area contributed by atoms with Gasteiger partial charge in [0.05, 0.1) is 0 Å². The normalized spacial score (nSPS) is 8.06. The van der Waals surface area contributed by atoms with Crippen LogP contribution in [0.15, 0.2) is 35.5 Å². The Kier molecular flexibility index (Phi) is 3.50. The van der Waals surface area contributed by atoms with Gasteiger partial charge in [-0.2, -0.15) is 15.8 Å². The number of anilines is 1. The molecule has 0 bridgehead atoms. The minimum Gasteiger partial charge on any atom is -0.508 e. The number of nitrogens with one attached hydrogen (secondary N) is 1. The van der Waals surface area contributed by atoms with Crippen molar-refractivity contribution in [2.75, 3.05) is 5.32 Å². The van der Waals surface area contributed by atoms with Crippen LogP contribution in [0.4, 0.5) is 5.69 Å². The first-order valence-corrected chi connectivity index (χ1v) is 4.22.